The summed E-state index contributed by atoms with van der Waals surface area (Å²) in [5, 5.41) is 11.9. The molecule has 0 saturated heterocycles. The van der Waals surface area contributed by atoms with Crippen LogP contribution in [0.1, 0.15) is 16.1 Å². The van der Waals surface area contributed by atoms with Crippen LogP contribution in [0.25, 0.3) is 0 Å². The fourth-order valence-corrected chi connectivity index (χ4v) is 1.75. The highest BCUT2D eigenvalue weighted by molar-refractivity contribution is 6.33. The van der Waals surface area contributed by atoms with E-state index in [9.17, 15) is 9.18 Å². The van der Waals surface area contributed by atoms with E-state index < -0.39 is 5.97 Å². The van der Waals surface area contributed by atoms with Crippen LogP contribution in [-0.4, -0.2) is 16.1 Å². The first-order chi connectivity index (χ1) is 8.97. The Balaban J connectivity index is 2.33. The third-order valence-corrected chi connectivity index (χ3v) is 2.80. The van der Waals surface area contributed by atoms with Crippen molar-refractivity contribution in [3.63, 3.8) is 0 Å². The molecule has 0 unspecified atom stereocenters. The maximum Gasteiger partial charge on any atom is 0.356 e. The molecule has 2 N–H and O–H groups in total. The molecule has 0 fully saturated rings. The topological polar surface area (TPSA) is 62.2 Å². The summed E-state index contributed by atoms with van der Waals surface area (Å²) < 4.78 is 13.0. The maximum atomic E-state index is 13.0. The van der Waals surface area contributed by atoms with Crippen molar-refractivity contribution in [1.82, 2.24) is 4.98 Å². The highest BCUT2D eigenvalue weighted by Crippen LogP contribution is 2.22. The second kappa shape index (κ2) is 5.24. The van der Waals surface area contributed by atoms with Gasteiger partial charge >= 0.3 is 5.97 Å². The molecule has 0 aliphatic carbocycles. The van der Waals surface area contributed by atoms with Crippen molar-refractivity contribution in [2.24, 2.45) is 0 Å². The zero-order valence-corrected chi connectivity index (χ0v) is 10.7. The van der Waals surface area contributed by atoms with Crippen LogP contribution >= 0.6 is 11.6 Å². The number of pyridine rings is 1. The fourth-order valence-electron chi connectivity index (χ4n) is 1.57. The number of nitrogens with zero attached hydrogens (tertiary/aromatic N) is 1. The van der Waals surface area contributed by atoms with Crippen molar-refractivity contribution in [3.05, 3.63) is 52.4 Å². The van der Waals surface area contributed by atoms with E-state index in [-0.39, 0.29) is 16.5 Å². The third-order valence-electron chi connectivity index (χ3n) is 2.50. The Hall–Kier alpha value is -2.14. The van der Waals surface area contributed by atoms with Gasteiger partial charge in [-0.25, -0.2) is 14.2 Å². The number of anilines is 2. The standard InChI is InChI=1S/C13H10ClFN2O2/c1-7-6-8(15)2-4-10(7)16-11-5-3-9(14)12(17-11)13(18)19/h2-6H,1H3,(H,16,17)(H,18,19). The van der Waals surface area contributed by atoms with Crippen LogP contribution in [0.5, 0.6) is 0 Å². The Morgan fingerprint density at radius 1 is 1.37 bits per heavy atom. The number of benzene rings is 1. The van der Waals surface area contributed by atoms with Crippen LogP contribution < -0.4 is 5.32 Å². The zero-order chi connectivity index (χ0) is 14.0. The lowest BCUT2D eigenvalue weighted by atomic mass is 10.2. The number of rotatable bonds is 3. The Kier molecular flexibility index (Phi) is 3.66. The molecule has 0 spiro atoms. The summed E-state index contributed by atoms with van der Waals surface area (Å²) in [6.45, 7) is 1.74. The minimum atomic E-state index is -1.20. The van der Waals surface area contributed by atoms with Crippen molar-refractivity contribution in [2.75, 3.05) is 5.32 Å². The lowest BCUT2D eigenvalue weighted by molar-refractivity contribution is 0.0691. The smallest absolute Gasteiger partial charge is 0.356 e. The number of carbonyl (C=O) groups is 1. The SMILES string of the molecule is Cc1cc(F)ccc1Nc1ccc(Cl)c(C(=O)O)n1. The number of nitrogens with one attached hydrogen (secondary N) is 1. The van der Waals surface area contributed by atoms with E-state index in [1.54, 1.807) is 19.1 Å². The molecule has 1 aromatic heterocycles. The normalized spacial score (nSPS) is 10.3. The number of aromatic nitrogens is 1. The monoisotopic (exact) mass is 280 g/mol. The molecule has 19 heavy (non-hydrogen) atoms. The number of hydrogen-bond acceptors (Lipinski definition) is 3. The number of carboxylic acids is 1. The van der Waals surface area contributed by atoms with Crippen LogP contribution in [0.2, 0.25) is 5.02 Å². The van der Waals surface area contributed by atoms with E-state index in [0.29, 0.717) is 17.1 Å². The van der Waals surface area contributed by atoms with E-state index in [4.69, 9.17) is 16.7 Å². The van der Waals surface area contributed by atoms with Crippen LogP contribution in [0.3, 0.4) is 0 Å². The molecular weight excluding hydrogens is 271 g/mol. The Bertz CT molecular complexity index is 647. The molecule has 0 aliphatic rings. The summed E-state index contributed by atoms with van der Waals surface area (Å²) in [6.07, 6.45) is 0. The first-order valence-electron chi connectivity index (χ1n) is 5.40. The van der Waals surface area contributed by atoms with Gasteiger partial charge in [-0.1, -0.05) is 11.6 Å². The average molecular weight is 281 g/mol. The molecule has 2 rings (SSSR count). The first kappa shape index (κ1) is 13.3. The zero-order valence-electron chi connectivity index (χ0n) is 9.95. The molecule has 0 aliphatic heterocycles. The molecular formula is C13H10ClFN2O2. The van der Waals surface area contributed by atoms with Crippen molar-refractivity contribution >= 4 is 29.1 Å². The largest absolute Gasteiger partial charge is 0.476 e. The van der Waals surface area contributed by atoms with Gasteiger partial charge < -0.3 is 10.4 Å². The lowest BCUT2D eigenvalue weighted by Gasteiger charge is -2.09. The van der Waals surface area contributed by atoms with Gasteiger partial charge in [-0.3, -0.25) is 0 Å². The quantitative estimate of drug-likeness (QED) is 0.901. The van der Waals surface area contributed by atoms with E-state index in [2.05, 4.69) is 10.3 Å². The Morgan fingerprint density at radius 2 is 2.11 bits per heavy atom. The number of carboxylic acid groups (broad SMARTS) is 1. The van der Waals surface area contributed by atoms with Gasteiger partial charge in [0.1, 0.15) is 11.6 Å². The summed E-state index contributed by atoms with van der Waals surface area (Å²) in [5.74, 6) is -1.21. The van der Waals surface area contributed by atoms with Gasteiger partial charge in [0.2, 0.25) is 0 Å². The van der Waals surface area contributed by atoms with Crippen LogP contribution in [0, 0.1) is 12.7 Å². The van der Waals surface area contributed by atoms with Crippen LogP contribution in [0.4, 0.5) is 15.9 Å². The molecule has 0 radical (unpaired) electrons. The van der Waals surface area contributed by atoms with Crippen molar-refractivity contribution < 1.29 is 14.3 Å². The molecule has 1 aromatic carbocycles. The summed E-state index contributed by atoms with van der Waals surface area (Å²) >= 11 is 5.73. The predicted molar refractivity (Wildman–Crippen MR) is 70.6 cm³/mol. The minimum absolute atomic E-state index is 0.0638. The lowest BCUT2D eigenvalue weighted by Crippen LogP contribution is -2.04. The van der Waals surface area contributed by atoms with Gasteiger partial charge in [0, 0.05) is 5.69 Å². The molecule has 98 valence electrons. The second-order valence-electron chi connectivity index (χ2n) is 3.92. The molecule has 0 atom stereocenters. The highest BCUT2D eigenvalue weighted by atomic mass is 35.5. The number of halogens is 2. The minimum Gasteiger partial charge on any atom is -0.476 e. The van der Waals surface area contributed by atoms with Gasteiger partial charge in [0.05, 0.1) is 5.02 Å². The van der Waals surface area contributed by atoms with Crippen molar-refractivity contribution in [3.8, 4) is 0 Å². The highest BCUT2D eigenvalue weighted by Gasteiger charge is 2.11. The first-order valence-corrected chi connectivity index (χ1v) is 5.78. The summed E-state index contributed by atoms with van der Waals surface area (Å²) in [7, 11) is 0. The Morgan fingerprint density at radius 3 is 2.74 bits per heavy atom. The molecule has 4 nitrogen and oxygen atoms in total. The van der Waals surface area contributed by atoms with Crippen molar-refractivity contribution in [2.45, 2.75) is 6.92 Å². The van der Waals surface area contributed by atoms with Gasteiger partial charge in [-0.05, 0) is 42.8 Å². The van der Waals surface area contributed by atoms with E-state index >= 15 is 0 Å². The summed E-state index contributed by atoms with van der Waals surface area (Å²) in [6, 6.07) is 7.23. The Labute approximate surface area is 113 Å². The summed E-state index contributed by atoms with van der Waals surface area (Å²) in [4.78, 5) is 14.8. The molecule has 0 amide bonds. The maximum absolute atomic E-state index is 13.0. The number of hydrogen-bond donors (Lipinski definition) is 2. The van der Waals surface area contributed by atoms with Crippen LogP contribution in [0.15, 0.2) is 30.3 Å². The molecule has 1 heterocycles. The average Bonchev–Trinajstić information content (AvgIpc) is 2.34. The van der Waals surface area contributed by atoms with E-state index in [1.165, 1.54) is 18.2 Å². The molecule has 2 aromatic rings. The van der Waals surface area contributed by atoms with E-state index in [0.717, 1.165) is 0 Å². The van der Waals surface area contributed by atoms with E-state index in [1.807, 2.05) is 0 Å². The van der Waals surface area contributed by atoms with Crippen LogP contribution in [-0.2, 0) is 0 Å². The fraction of sp³-hybridized carbons (Fsp3) is 0.0769. The number of aryl methyl sites for hydroxylation is 1. The van der Waals surface area contributed by atoms with Gasteiger partial charge in [-0.2, -0.15) is 0 Å². The van der Waals surface area contributed by atoms with Crippen molar-refractivity contribution in [1.29, 1.82) is 0 Å². The molecule has 6 heteroatoms. The molecule has 0 bridgehead atoms. The van der Waals surface area contributed by atoms with Gasteiger partial charge in [0.15, 0.2) is 5.69 Å². The summed E-state index contributed by atoms with van der Waals surface area (Å²) in [5.41, 5.74) is 1.10. The van der Waals surface area contributed by atoms with Gasteiger partial charge in [0.25, 0.3) is 0 Å². The number of aromatic carboxylic acids is 1. The third kappa shape index (κ3) is 3.00. The second-order valence-corrected chi connectivity index (χ2v) is 4.32. The molecule has 0 saturated carbocycles. The van der Waals surface area contributed by atoms with Gasteiger partial charge in [-0.15, -0.1) is 0 Å². The predicted octanol–water partition coefficient (Wildman–Crippen LogP) is 3.62.